The lowest BCUT2D eigenvalue weighted by atomic mass is 10.0. The second-order valence-electron chi connectivity index (χ2n) is 4.43. The lowest BCUT2D eigenvalue weighted by Crippen LogP contribution is -2.16. The first-order valence-corrected chi connectivity index (χ1v) is 6.73. The summed E-state index contributed by atoms with van der Waals surface area (Å²) in [6.45, 7) is 1.87. The second kappa shape index (κ2) is 5.67. The Kier molecular flexibility index (Phi) is 4.17. The molecule has 0 aliphatic carbocycles. The minimum Gasteiger partial charge on any atom is -0.381 e. The predicted molar refractivity (Wildman–Crippen MR) is 75.8 cm³/mol. The second-order valence-corrected chi connectivity index (χ2v) is 5.22. The molecule has 0 saturated heterocycles. The zero-order valence-electron chi connectivity index (χ0n) is 10.8. The number of aryl methyl sites for hydroxylation is 2. The molecule has 19 heavy (non-hydrogen) atoms. The van der Waals surface area contributed by atoms with Crippen molar-refractivity contribution in [2.75, 3.05) is 0 Å². The Bertz CT molecular complexity index is 593. The molecule has 5 heteroatoms. The predicted octanol–water partition coefficient (Wildman–Crippen LogP) is 2.34. The molecule has 0 amide bonds. The van der Waals surface area contributed by atoms with Crippen molar-refractivity contribution in [2.45, 2.75) is 19.4 Å². The minimum atomic E-state index is -1.09. The van der Waals surface area contributed by atoms with Crippen LogP contribution in [0.3, 0.4) is 0 Å². The topological polar surface area (TPSA) is 55.1 Å². The maximum atomic E-state index is 12.1. The maximum absolute atomic E-state index is 12.1. The van der Waals surface area contributed by atoms with E-state index in [9.17, 15) is 9.90 Å². The summed E-state index contributed by atoms with van der Waals surface area (Å²) in [6, 6.07) is 8.94. The maximum Gasteiger partial charge on any atom is 0.171 e. The summed E-state index contributed by atoms with van der Waals surface area (Å²) in [5, 5.41) is 14.3. The van der Waals surface area contributed by atoms with Gasteiger partial charge < -0.3 is 5.11 Å². The van der Waals surface area contributed by atoms with Gasteiger partial charge in [-0.25, -0.2) is 0 Å². The van der Waals surface area contributed by atoms with Crippen molar-refractivity contribution in [3.05, 3.63) is 51.8 Å². The highest BCUT2D eigenvalue weighted by Crippen LogP contribution is 2.23. The number of nitrogens with zero attached hydrogens (tertiary/aromatic N) is 2. The molecule has 2 rings (SSSR count). The van der Waals surface area contributed by atoms with E-state index in [0.717, 1.165) is 15.9 Å². The fraction of sp³-hybridized carbons (Fsp3) is 0.286. The molecule has 0 bridgehead atoms. The summed E-state index contributed by atoms with van der Waals surface area (Å²) in [4.78, 5) is 12.1. The van der Waals surface area contributed by atoms with E-state index in [1.165, 1.54) is 0 Å². The van der Waals surface area contributed by atoms with Crippen molar-refractivity contribution < 1.29 is 9.90 Å². The molecule has 0 aliphatic heterocycles. The zero-order valence-corrected chi connectivity index (χ0v) is 12.4. The van der Waals surface area contributed by atoms with Crippen LogP contribution in [0.1, 0.15) is 23.1 Å². The van der Waals surface area contributed by atoms with Crippen molar-refractivity contribution in [3.8, 4) is 0 Å². The Hall–Kier alpha value is -1.46. The van der Waals surface area contributed by atoms with Gasteiger partial charge in [0.25, 0.3) is 0 Å². The van der Waals surface area contributed by atoms with Crippen LogP contribution in [0.2, 0.25) is 0 Å². The Labute approximate surface area is 120 Å². The molecule has 4 nitrogen and oxygen atoms in total. The van der Waals surface area contributed by atoms with E-state index in [1.807, 2.05) is 13.0 Å². The summed E-state index contributed by atoms with van der Waals surface area (Å²) < 4.78 is 2.48. The number of ketones is 1. The molecular weight excluding hydrogens is 308 g/mol. The fourth-order valence-corrected chi connectivity index (χ4v) is 2.43. The highest BCUT2D eigenvalue weighted by atomic mass is 79.9. The number of aromatic nitrogens is 2. The average molecular weight is 323 g/mol. The van der Waals surface area contributed by atoms with Crippen LogP contribution in [-0.4, -0.2) is 20.7 Å². The molecule has 2 aromatic rings. The van der Waals surface area contributed by atoms with Crippen molar-refractivity contribution in [1.82, 2.24) is 9.78 Å². The van der Waals surface area contributed by atoms with E-state index in [1.54, 1.807) is 36.0 Å². The summed E-state index contributed by atoms with van der Waals surface area (Å²) >= 11 is 3.42. The van der Waals surface area contributed by atoms with Crippen molar-refractivity contribution in [3.63, 3.8) is 0 Å². The molecule has 100 valence electrons. The van der Waals surface area contributed by atoms with Gasteiger partial charge in [0.1, 0.15) is 6.10 Å². The lowest BCUT2D eigenvalue weighted by molar-refractivity contribution is -0.126. The number of Topliss-reactive ketones (excluding diaryl/α,β-unsaturated/α-hetero) is 1. The monoisotopic (exact) mass is 322 g/mol. The van der Waals surface area contributed by atoms with Gasteiger partial charge >= 0.3 is 0 Å². The smallest absolute Gasteiger partial charge is 0.171 e. The first-order valence-electron chi connectivity index (χ1n) is 5.94. The van der Waals surface area contributed by atoms with Crippen LogP contribution in [0, 0.1) is 6.92 Å². The van der Waals surface area contributed by atoms with E-state index >= 15 is 0 Å². The van der Waals surface area contributed by atoms with Gasteiger partial charge in [0.2, 0.25) is 0 Å². The SMILES string of the molecule is Cc1nn(C)c(CC(=O)C(O)c2ccccc2)c1Br. The molecule has 0 radical (unpaired) electrons. The van der Waals surface area contributed by atoms with Crippen LogP contribution in [-0.2, 0) is 18.3 Å². The number of hydrogen-bond acceptors (Lipinski definition) is 3. The van der Waals surface area contributed by atoms with Crippen LogP contribution in [0.25, 0.3) is 0 Å². The quantitative estimate of drug-likeness (QED) is 0.940. The van der Waals surface area contributed by atoms with Gasteiger partial charge in [-0.3, -0.25) is 9.48 Å². The molecule has 0 spiro atoms. The highest BCUT2D eigenvalue weighted by Gasteiger charge is 2.21. The van der Waals surface area contributed by atoms with Crippen LogP contribution in [0.15, 0.2) is 34.8 Å². The Morgan fingerprint density at radius 2 is 2.05 bits per heavy atom. The number of aliphatic hydroxyl groups excluding tert-OH is 1. The Balaban J connectivity index is 2.18. The summed E-state index contributed by atoms with van der Waals surface area (Å²) in [6.07, 6.45) is -0.947. The van der Waals surface area contributed by atoms with Crippen LogP contribution in [0.5, 0.6) is 0 Å². The van der Waals surface area contributed by atoms with Gasteiger partial charge in [0.15, 0.2) is 5.78 Å². The fourth-order valence-electron chi connectivity index (χ4n) is 1.96. The highest BCUT2D eigenvalue weighted by molar-refractivity contribution is 9.10. The van der Waals surface area contributed by atoms with E-state index in [0.29, 0.717) is 5.56 Å². The summed E-state index contributed by atoms with van der Waals surface area (Å²) in [7, 11) is 1.79. The zero-order chi connectivity index (χ0) is 14.0. The first kappa shape index (κ1) is 14.0. The third-order valence-electron chi connectivity index (χ3n) is 3.02. The number of aliphatic hydroxyl groups is 1. The number of carbonyl (C=O) groups is 1. The van der Waals surface area contributed by atoms with Gasteiger partial charge in [-0.15, -0.1) is 0 Å². The molecule has 0 saturated carbocycles. The van der Waals surface area contributed by atoms with Gasteiger partial charge in [-0.05, 0) is 28.4 Å². The third-order valence-corrected chi connectivity index (χ3v) is 4.06. The average Bonchev–Trinajstić information content (AvgIpc) is 2.65. The summed E-state index contributed by atoms with van der Waals surface area (Å²) in [5.41, 5.74) is 2.22. The molecule has 1 atom stereocenters. The third kappa shape index (κ3) is 2.93. The molecule has 0 fully saturated rings. The minimum absolute atomic E-state index is 0.147. The molecule has 1 heterocycles. The van der Waals surface area contributed by atoms with E-state index in [-0.39, 0.29) is 12.2 Å². The number of hydrogen-bond donors (Lipinski definition) is 1. The molecule has 1 N–H and O–H groups in total. The van der Waals surface area contributed by atoms with Crippen molar-refractivity contribution >= 4 is 21.7 Å². The number of benzene rings is 1. The molecule has 0 aliphatic rings. The Morgan fingerprint density at radius 1 is 1.42 bits per heavy atom. The number of rotatable bonds is 4. The van der Waals surface area contributed by atoms with Crippen molar-refractivity contribution in [1.29, 1.82) is 0 Å². The normalized spacial score (nSPS) is 12.4. The largest absolute Gasteiger partial charge is 0.381 e. The number of carbonyl (C=O) groups excluding carboxylic acids is 1. The number of halogens is 1. The van der Waals surface area contributed by atoms with Gasteiger partial charge in [0.05, 0.1) is 22.3 Å². The summed E-state index contributed by atoms with van der Waals surface area (Å²) in [5.74, 6) is -0.241. The lowest BCUT2D eigenvalue weighted by Gasteiger charge is -2.10. The Morgan fingerprint density at radius 3 is 2.58 bits per heavy atom. The van der Waals surface area contributed by atoms with Crippen LogP contribution < -0.4 is 0 Å². The molecule has 1 aromatic heterocycles. The standard InChI is InChI=1S/C14H15BrN2O2/c1-9-13(15)11(17(2)16-9)8-12(18)14(19)10-6-4-3-5-7-10/h3-7,14,19H,8H2,1-2H3. The van der Waals surface area contributed by atoms with Gasteiger partial charge in [-0.2, -0.15) is 5.10 Å². The molecule has 1 unspecified atom stereocenters. The van der Waals surface area contributed by atoms with Gasteiger partial charge in [-0.1, -0.05) is 30.3 Å². The van der Waals surface area contributed by atoms with Crippen molar-refractivity contribution in [2.24, 2.45) is 7.05 Å². The van der Waals surface area contributed by atoms with E-state index < -0.39 is 6.10 Å². The van der Waals surface area contributed by atoms with Crippen LogP contribution in [0.4, 0.5) is 0 Å². The van der Waals surface area contributed by atoms with E-state index in [2.05, 4.69) is 21.0 Å². The molecule has 1 aromatic carbocycles. The van der Waals surface area contributed by atoms with Gasteiger partial charge in [0, 0.05) is 7.05 Å². The molecular formula is C14H15BrN2O2. The van der Waals surface area contributed by atoms with Crippen LogP contribution >= 0.6 is 15.9 Å². The van der Waals surface area contributed by atoms with E-state index in [4.69, 9.17) is 0 Å². The first-order chi connectivity index (χ1) is 9.00.